The number of sulfonamides is 1. The van der Waals surface area contributed by atoms with Gasteiger partial charge < -0.3 is 5.73 Å². The zero-order valence-electron chi connectivity index (χ0n) is 13.7. The summed E-state index contributed by atoms with van der Waals surface area (Å²) in [6.07, 6.45) is 0.945. The molecular weight excluding hydrogens is 284 g/mol. The van der Waals surface area contributed by atoms with Crippen LogP contribution >= 0.6 is 0 Å². The lowest BCUT2D eigenvalue weighted by molar-refractivity contribution is 0.315. The molecule has 0 spiro atoms. The van der Waals surface area contributed by atoms with Crippen LogP contribution in [-0.4, -0.2) is 20.5 Å². The Bertz CT molecular complexity index is 550. The maximum atomic E-state index is 12.5. The molecule has 0 amide bonds. The van der Waals surface area contributed by atoms with Gasteiger partial charge in [-0.05, 0) is 42.9 Å². The van der Waals surface area contributed by atoms with Crippen molar-refractivity contribution in [2.45, 2.75) is 51.5 Å². The normalized spacial score (nSPS) is 15.4. The molecule has 21 heavy (non-hydrogen) atoms. The summed E-state index contributed by atoms with van der Waals surface area (Å²) in [6.45, 7) is 10.3. The highest BCUT2D eigenvalue weighted by atomic mass is 32.2. The second-order valence-corrected chi connectivity index (χ2v) is 8.31. The summed E-state index contributed by atoms with van der Waals surface area (Å²) in [5.74, 6) is 0.657. The third-order valence-electron chi connectivity index (χ3n) is 3.94. The Morgan fingerprint density at radius 3 is 2.05 bits per heavy atom. The molecule has 1 aromatic rings. The second kappa shape index (κ2) is 6.90. The summed E-state index contributed by atoms with van der Waals surface area (Å²) < 4.78 is 27.7. The van der Waals surface area contributed by atoms with E-state index in [-0.39, 0.29) is 17.4 Å². The molecule has 0 aromatic heterocycles. The van der Waals surface area contributed by atoms with Crippen molar-refractivity contribution in [3.8, 4) is 0 Å². The Morgan fingerprint density at radius 1 is 1.14 bits per heavy atom. The van der Waals surface area contributed by atoms with Crippen molar-refractivity contribution < 1.29 is 8.42 Å². The van der Waals surface area contributed by atoms with Crippen molar-refractivity contribution in [1.29, 1.82) is 0 Å². The highest BCUT2D eigenvalue weighted by Crippen LogP contribution is 2.20. The first-order valence-electron chi connectivity index (χ1n) is 7.43. The van der Waals surface area contributed by atoms with Crippen LogP contribution in [0.2, 0.25) is 0 Å². The lowest BCUT2D eigenvalue weighted by atomic mass is 9.90. The summed E-state index contributed by atoms with van der Waals surface area (Å²) in [7, 11) is -3.55. The Kier molecular flexibility index (Phi) is 5.96. The van der Waals surface area contributed by atoms with E-state index >= 15 is 0 Å². The lowest BCUT2D eigenvalue weighted by Crippen LogP contribution is -2.54. The van der Waals surface area contributed by atoms with Gasteiger partial charge in [-0.1, -0.05) is 39.8 Å². The SMILES string of the molecule is CC(C)Cc1ccc(S(=O)(=O)NC(C)(CN)C(C)C)cc1. The van der Waals surface area contributed by atoms with Gasteiger partial charge in [-0.3, -0.25) is 0 Å². The molecule has 1 unspecified atom stereocenters. The van der Waals surface area contributed by atoms with Crippen molar-refractivity contribution >= 4 is 10.0 Å². The Labute approximate surface area is 129 Å². The van der Waals surface area contributed by atoms with Crippen molar-refractivity contribution in [3.05, 3.63) is 29.8 Å². The van der Waals surface area contributed by atoms with E-state index in [1.54, 1.807) is 12.1 Å². The molecule has 0 radical (unpaired) electrons. The first kappa shape index (κ1) is 18.1. The zero-order valence-corrected chi connectivity index (χ0v) is 14.5. The third-order valence-corrected chi connectivity index (χ3v) is 5.57. The molecule has 120 valence electrons. The zero-order chi connectivity index (χ0) is 16.3. The number of hydrogen-bond donors (Lipinski definition) is 2. The van der Waals surface area contributed by atoms with Gasteiger partial charge in [-0.25, -0.2) is 13.1 Å². The van der Waals surface area contributed by atoms with Crippen LogP contribution in [0.3, 0.4) is 0 Å². The number of benzene rings is 1. The van der Waals surface area contributed by atoms with Crippen molar-refractivity contribution in [2.24, 2.45) is 17.6 Å². The molecule has 0 saturated carbocycles. The number of nitrogens with two attached hydrogens (primary N) is 1. The molecule has 0 saturated heterocycles. The maximum Gasteiger partial charge on any atom is 0.241 e. The van der Waals surface area contributed by atoms with E-state index in [0.29, 0.717) is 5.92 Å². The molecule has 1 atom stereocenters. The van der Waals surface area contributed by atoms with Gasteiger partial charge in [0.1, 0.15) is 0 Å². The van der Waals surface area contributed by atoms with Crippen LogP contribution in [0.25, 0.3) is 0 Å². The van der Waals surface area contributed by atoms with Crippen LogP contribution in [0.15, 0.2) is 29.2 Å². The van der Waals surface area contributed by atoms with Gasteiger partial charge >= 0.3 is 0 Å². The molecule has 5 heteroatoms. The van der Waals surface area contributed by atoms with E-state index < -0.39 is 15.6 Å². The van der Waals surface area contributed by atoms with Crippen LogP contribution in [0.5, 0.6) is 0 Å². The fourth-order valence-electron chi connectivity index (χ4n) is 2.04. The first-order chi connectivity index (χ1) is 9.60. The second-order valence-electron chi connectivity index (χ2n) is 6.62. The number of nitrogens with one attached hydrogen (secondary N) is 1. The quantitative estimate of drug-likeness (QED) is 0.812. The topological polar surface area (TPSA) is 72.2 Å². The molecule has 4 nitrogen and oxygen atoms in total. The van der Waals surface area contributed by atoms with E-state index in [1.165, 1.54) is 0 Å². The lowest BCUT2D eigenvalue weighted by Gasteiger charge is -2.33. The van der Waals surface area contributed by atoms with Gasteiger partial charge in [0.2, 0.25) is 10.0 Å². The molecule has 0 aliphatic rings. The minimum atomic E-state index is -3.55. The number of rotatable bonds is 7. The molecule has 0 fully saturated rings. The van der Waals surface area contributed by atoms with Gasteiger partial charge in [0.25, 0.3) is 0 Å². The Balaban J connectivity index is 2.98. The fourth-order valence-corrected chi connectivity index (χ4v) is 3.58. The van der Waals surface area contributed by atoms with Gasteiger partial charge in [-0.15, -0.1) is 0 Å². The Morgan fingerprint density at radius 2 is 1.67 bits per heavy atom. The highest BCUT2D eigenvalue weighted by molar-refractivity contribution is 7.89. The minimum absolute atomic E-state index is 0.109. The molecule has 1 aromatic carbocycles. The van der Waals surface area contributed by atoms with Crippen LogP contribution in [0.4, 0.5) is 0 Å². The number of hydrogen-bond acceptors (Lipinski definition) is 3. The van der Waals surface area contributed by atoms with E-state index in [9.17, 15) is 8.42 Å². The van der Waals surface area contributed by atoms with E-state index in [4.69, 9.17) is 5.73 Å². The van der Waals surface area contributed by atoms with Gasteiger partial charge in [0.05, 0.1) is 4.90 Å². The smallest absolute Gasteiger partial charge is 0.241 e. The van der Waals surface area contributed by atoms with E-state index in [1.807, 2.05) is 32.9 Å². The molecule has 1 rings (SSSR count). The van der Waals surface area contributed by atoms with Crippen LogP contribution in [0.1, 0.15) is 40.2 Å². The highest BCUT2D eigenvalue weighted by Gasteiger charge is 2.32. The molecule has 0 aliphatic carbocycles. The molecule has 0 aliphatic heterocycles. The summed E-state index contributed by atoms with van der Waals surface area (Å²) in [5, 5.41) is 0. The van der Waals surface area contributed by atoms with E-state index in [0.717, 1.165) is 12.0 Å². The standard InChI is InChI=1S/C16H28N2O2S/c1-12(2)10-14-6-8-15(9-7-14)21(19,20)18-16(5,11-17)13(3)4/h6-9,12-13,18H,10-11,17H2,1-5H3. The van der Waals surface area contributed by atoms with E-state index in [2.05, 4.69) is 18.6 Å². The predicted octanol–water partition coefficient (Wildman–Crippen LogP) is 2.54. The average Bonchev–Trinajstić information content (AvgIpc) is 2.37. The van der Waals surface area contributed by atoms with Gasteiger partial charge in [-0.2, -0.15) is 0 Å². The molecule has 3 N–H and O–H groups in total. The fraction of sp³-hybridized carbons (Fsp3) is 0.625. The van der Waals surface area contributed by atoms with Crippen LogP contribution in [-0.2, 0) is 16.4 Å². The average molecular weight is 312 g/mol. The van der Waals surface area contributed by atoms with Crippen LogP contribution in [0, 0.1) is 11.8 Å². The monoisotopic (exact) mass is 312 g/mol. The first-order valence-corrected chi connectivity index (χ1v) is 8.92. The van der Waals surface area contributed by atoms with Gasteiger partial charge in [0, 0.05) is 12.1 Å². The van der Waals surface area contributed by atoms with Crippen molar-refractivity contribution in [1.82, 2.24) is 4.72 Å². The predicted molar refractivity (Wildman–Crippen MR) is 87.6 cm³/mol. The summed E-state index contributed by atoms with van der Waals surface area (Å²) >= 11 is 0. The third kappa shape index (κ3) is 4.80. The summed E-state index contributed by atoms with van der Waals surface area (Å²) in [5.41, 5.74) is 6.25. The van der Waals surface area contributed by atoms with Crippen molar-refractivity contribution in [2.75, 3.05) is 6.54 Å². The summed E-state index contributed by atoms with van der Waals surface area (Å²) in [4.78, 5) is 0.287. The largest absolute Gasteiger partial charge is 0.329 e. The van der Waals surface area contributed by atoms with Crippen molar-refractivity contribution in [3.63, 3.8) is 0 Å². The Hall–Kier alpha value is -0.910. The molecule has 0 heterocycles. The molecule has 0 bridgehead atoms. The summed E-state index contributed by atoms with van der Waals surface area (Å²) in [6, 6.07) is 7.09. The molecular formula is C16H28N2O2S. The van der Waals surface area contributed by atoms with Gasteiger partial charge in [0.15, 0.2) is 0 Å². The van der Waals surface area contributed by atoms with Crippen LogP contribution < -0.4 is 10.5 Å². The maximum absolute atomic E-state index is 12.5. The minimum Gasteiger partial charge on any atom is -0.329 e.